The highest BCUT2D eigenvalue weighted by molar-refractivity contribution is 7.00. The number of anilines is 6. The molecule has 0 fully saturated rings. The maximum Gasteiger partial charge on any atom is 0.252 e. The molecule has 15 aromatic carbocycles. The first kappa shape index (κ1) is 56.3. The van der Waals surface area contributed by atoms with Gasteiger partial charge in [0.05, 0.1) is 46.0 Å². The molecule has 0 aliphatic carbocycles. The largest absolute Gasteiger partial charge is 0.310 e. The van der Waals surface area contributed by atoms with Crippen LogP contribution in [0.4, 0.5) is 34.1 Å². The third-order valence-electron chi connectivity index (χ3n) is 21.5. The van der Waals surface area contributed by atoms with Crippen molar-refractivity contribution in [1.82, 2.24) is 9.13 Å². The predicted molar refractivity (Wildman–Crippen MR) is 439 cm³/mol. The van der Waals surface area contributed by atoms with Gasteiger partial charge in [-0.1, -0.05) is 302 Å². The molecule has 0 amide bonds. The van der Waals surface area contributed by atoms with Gasteiger partial charge < -0.3 is 18.9 Å². The van der Waals surface area contributed by atoms with Crippen LogP contribution >= 0.6 is 0 Å². The fraction of sp³-hybridized carbons (Fsp3) is 0.0816. The molecule has 0 N–H and O–H groups in total. The smallest absolute Gasteiger partial charge is 0.252 e. The molecule has 4 nitrogen and oxygen atoms in total. The quantitative estimate of drug-likeness (QED) is 0.127. The van der Waals surface area contributed by atoms with Crippen LogP contribution in [0, 0.1) is 0 Å². The van der Waals surface area contributed by atoms with E-state index in [0.29, 0.717) is 5.56 Å². The second-order valence-corrected chi connectivity index (χ2v) is 29.6. The van der Waals surface area contributed by atoms with Crippen molar-refractivity contribution in [1.29, 1.82) is 0 Å². The van der Waals surface area contributed by atoms with Crippen LogP contribution < -0.4 is 26.2 Å². The monoisotopic (exact) mass is 1320 g/mol. The number of hydrogen-bond donors (Lipinski definition) is 0. The summed E-state index contributed by atoms with van der Waals surface area (Å²) in [4.78, 5) is 4.94. The summed E-state index contributed by atoms with van der Waals surface area (Å²) in [6, 6.07) is 113. The summed E-state index contributed by atoms with van der Waals surface area (Å²) in [6.07, 6.45) is 0. The van der Waals surface area contributed by atoms with E-state index in [1.165, 1.54) is 11.1 Å². The number of benzene rings is 15. The van der Waals surface area contributed by atoms with E-state index in [9.17, 15) is 5.48 Å². The zero-order valence-corrected chi connectivity index (χ0v) is 58.4. The molecular weight excluding hydrogens is 1240 g/mol. The maximum absolute atomic E-state index is 10.1. The van der Waals surface area contributed by atoms with Gasteiger partial charge in [0.25, 0.3) is 6.71 Å². The highest BCUT2D eigenvalue weighted by Gasteiger charge is 2.46. The molecule has 2 aliphatic heterocycles. The van der Waals surface area contributed by atoms with Crippen molar-refractivity contribution in [3.8, 4) is 78.1 Å². The fourth-order valence-corrected chi connectivity index (χ4v) is 16.5. The Balaban J connectivity index is 1.02. The first-order chi connectivity index (χ1) is 52.5. The molecule has 5 heteroatoms. The van der Waals surface area contributed by atoms with Gasteiger partial charge >= 0.3 is 0 Å². The van der Waals surface area contributed by atoms with Gasteiger partial charge in [-0.2, -0.15) is 0 Å². The van der Waals surface area contributed by atoms with Gasteiger partial charge in [0.1, 0.15) is 0 Å². The minimum atomic E-state index is -0.464. The van der Waals surface area contributed by atoms with Crippen LogP contribution in [-0.2, 0) is 10.8 Å². The lowest BCUT2D eigenvalue weighted by molar-refractivity contribution is 0.590. The average Bonchev–Trinajstić information content (AvgIpc) is 0.705. The molecule has 0 bridgehead atoms. The van der Waals surface area contributed by atoms with Crippen molar-refractivity contribution in [2.24, 2.45) is 0 Å². The number of rotatable bonds is 10. The van der Waals surface area contributed by atoms with E-state index >= 15 is 0 Å². The lowest BCUT2D eigenvalue weighted by Gasteiger charge is -2.46. The first-order valence-corrected chi connectivity index (χ1v) is 35.8. The Labute approximate surface area is 610 Å². The van der Waals surface area contributed by atoms with Gasteiger partial charge in [0.2, 0.25) is 0 Å². The van der Waals surface area contributed by atoms with Crippen LogP contribution in [0.15, 0.2) is 346 Å². The van der Waals surface area contributed by atoms with E-state index in [0.717, 1.165) is 161 Å². The highest BCUT2D eigenvalue weighted by Crippen LogP contribution is 2.55. The lowest BCUT2D eigenvalue weighted by Crippen LogP contribution is -2.61. The van der Waals surface area contributed by atoms with E-state index in [1.807, 2.05) is 0 Å². The molecule has 0 spiro atoms. The van der Waals surface area contributed by atoms with Gasteiger partial charge in [-0.3, -0.25) is 0 Å². The Kier molecular flexibility index (Phi) is 13.2. The third kappa shape index (κ3) is 10.2. The van der Waals surface area contributed by atoms with Crippen LogP contribution in [0.1, 0.15) is 59.5 Å². The Morgan fingerprint density at radius 3 is 1.23 bits per heavy atom. The standard InChI is InChI=1S/C98H75BN4/c1-97(2,3)73-50-55-87-81(62-73)82-63-74(98(4,5)6)51-56-88(82)101(87)91-46-28-44-78(71-49-52-86-80(57-71)79-41-25-26-45-85(79)100(86)75-39-23-12-24-40-75)96(91)103-90-54-48-70(65-31-15-8-16-32-65)59-84(90)99-83-58-69(64-29-13-7-14-30-64)47-53-89(83)102(92-60-72(61-93(103)94(92)99)66-33-17-9-18-34-66)95-76(67-35-19-10-20-36-67)42-27-43-77(95)68-37-21-11-22-38-68/h7-63H,1-6H3/i9D,17D,18D,33D,34D. The maximum atomic E-state index is 10.1. The average molecular weight is 1320 g/mol. The molecule has 0 atom stereocenters. The third-order valence-corrected chi connectivity index (χ3v) is 21.5. The van der Waals surface area contributed by atoms with Crippen LogP contribution in [0.5, 0.6) is 0 Å². The second-order valence-electron chi connectivity index (χ2n) is 29.6. The zero-order valence-electron chi connectivity index (χ0n) is 63.4. The van der Waals surface area contributed by atoms with Crippen molar-refractivity contribution in [3.05, 3.63) is 357 Å². The Morgan fingerprint density at radius 1 is 0.272 bits per heavy atom. The van der Waals surface area contributed by atoms with E-state index in [4.69, 9.17) is 1.37 Å². The van der Waals surface area contributed by atoms with Crippen LogP contribution in [-0.4, -0.2) is 15.8 Å². The highest BCUT2D eigenvalue weighted by atomic mass is 15.2. The van der Waals surface area contributed by atoms with Crippen molar-refractivity contribution < 1.29 is 6.85 Å². The number of hydrogen-bond acceptors (Lipinski definition) is 2. The minimum Gasteiger partial charge on any atom is -0.310 e. The molecule has 0 saturated carbocycles. The Bertz CT molecular complexity index is 6360. The first-order valence-electron chi connectivity index (χ1n) is 38.3. The summed E-state index contributed by atoms with van der Waals surface area (Å²) in [5, 5.41) is 4.52. The van der Waals surface area contributed by atoms with Gasteiger partial charge in [0, 0.05) is 66.7 Å². The summed E-state index contributed by atoms with van der Waals surface area (Å²) in [5.41, 5.74) is 27.6. The molecule has 0 unspecified atom stereocenters. The number of para-hydroxylation sites is 4. The normalized spacial score (nSPS) is 13.4. The van der Waals surface area contributed by atoms with Crippen LogP contribution in [0.2, 0.25) is 0 Å². The van der Waals surface area contributed by atoms with Crippen LogP contribution in [0.3, 0.4) is 0 Å². The molecule has 2 aromatic heterocycles. The molecule has 19 rings (SSSR count). The van der Waals surface area contributed by atoms with Gasteiger partial charge in [-0.05, 0) is 173 Å². The van der Waals surface area contributed by atoms with Crippen molar-refractivity contribution >= 4 is 101 Å². The topological polar surface area (TPSA) is 16.3 Å². The van der Waals surface area contributed by atoms with Gasteiger partial charge in [-0.25, -0.2) is 0 Å². The summed E-state index contributed by atoms with van der Waals surface area (Å²) in [7, 11) is 0. The van der Waals surface area contributed by atoms with Gasteiger partial charge in [0.15, 0.2) is 0 Å². The van der Waals surface area contributed by atoms with Crippen molar-refractivity contribution in [2.75, 3.05) is 9.80 Å². The molecule has 103 heavy (non-hydrogen) atoms. The van der Waals surface area contributed by atoms with E-state index in [2.05, 4.69) is 376 Å². The molecule has 0 saturated heterocycles. The Morgan fingerprint density at radius 2 is 0.699 bits per heavy atom. The molecule has 490 valence electrons. The lowest BCUT2D eigenvalue weighted by atomic mass is 9.33. The predicted octanol–water partition coefficient (Wildman–Crippen LogP) is 24.6. The summed E-state index contributed by atoms with van der Waals surface area (Å²) < 4.78 is 53.0. The molecular formula is C98H75BN4. The van der Waals surface area contributed by atoms with Crippen molar-refractivity contribution in [2.45, 2.75) is 52.4 Å². The van der Waals surface area contributed by atoms with E-state index in [-0.39, 0.29) is 28.5 Å². The molecule has 4 heterocycles. The van der Waals surface area contributed by atoms with E-state index < -0.39 is 24.8 Å². The minimum absolute atomic E-state index is 0.104. The number of nitrogens with zero attached hydrogens (tertiary/aromatic N) is 4. The SMILES string of the molecule is [2H]c1c([2H])c([2H])c(-c2cc3c4c(c2)N(c2c(-c5ccc6c(c5)c5ccccc5n6-c5ccccc5)cccc2-n2c5ccc(C(C)(C)C)cc5c5cc(C(C)(C)C)ccc52)c2ccc(-c5ccccc5)cc2B4c2cc(-c4ccccc4)ccc2N3c2c(-c3ccccc3)cccc2-c2ccccc2)c([2H])c1[2H]. The number of aromatic nitrogens is 2. The molecule has 17 aromatic rings. The summed E-state index contributed by atoms with van der Waals surface area (Å²) >= 11 is 0. The molecule has 0 radical (unpaired) electrons. The Hall–Kier alpha value is -12.4. The van der Waals surface area contributed by atoms with Gasteiger partial charge in [-0.15, -0.1) is 0 Å². The number of fused-ring (bicyclic) bond motifs is 10. The van der Waals surface area contributed by atoms with E-state index in [1.54, 1.807) is 0 Å². The summed E-state index contributed by atoms with van der Waals surface area (Å²) in [5.74, 6) is 0. The molecule has 2 aliphatic rings. The zero-order chi connectivity index (χ0) is 73.6. The second kappa shape index (κ2) is 24.1. The van der Waals surface area contributed by atoms with Crippen molar-refractivity contribution in [3.63, 3.8) is 0 Å². The fourth-order valence-electron chi connectivity index (χ4n) is 16.5. The summed E-state index contributed by atoms with van der Waals surface area (Å²) in [6.45, 7) is 13.3. The van der Waals surface area contributed by atoms with Crippen LogP contribution in [0.25, 0.3) is 122 Å².